The molecule has 2 heterocycles. The lowest BCUT2D eigenvalue weighted by Gasteiger charge is -2.36. The van der Waals surface area contributed by atoms with Crippen molar-refractivity contribution in [3.05, 3.63) is 11.6 Å². The Morgan fingerprint density at radius 1 is 1.40 bits per heavy atom. The van der Waals surface area contributed by atoms with Crippen molar-refractivity contribution >= 4 is 0 Å². The zero-order chi connectivity index (χ0) is 10.9. The van der Waals surface area contributed by atoms with Crippen LogP contribution in [0.1, 0.15) is 27.2 Å². The van der Waals surface area contributed by atoms with Gasteiger partial charge in [-0.15, -0.1) is 0 Å². The Labute approximate surface area is 93.7 Å². The molecule has 86 valence electrons. The molecular formula is C13H24N2. The van der Waals surface area contributed by atoms with Gasteiger partial charge in [-0.05, 0) is 17.8 Å². The Balaban J connectivity index is 1.82. The maximum Gasteiger partial charge on any atom is 0.0166 e. The topological polar surface area (TPSA) is 15.3 Å². The van der Waals surface area contributed by atoms with E-state index >= 15 is 0 Å². The molecule has 0 aromatic heterocycles. The van der Waals surface area contributed by atoms with Crippen molar-refractivity contribution in [3.63, 3.8) is 0 Å². The largest absolute Gasteiger partial charge is 0.316 e. The predicted octanol–water partition coefficient (Wildman–Crippen LogP) is 1.88. The van der Waals surface area contributed by atoms with Crippen molar-refractivity contribution in [1.29, 1.82) is 0 Å². The molecule has 0 aromatic carbocycles. The van der Waals surface area contributed by atoms with Crippen LogP contribution in [0.4, 0.5) is 0 Å². The number of rotatable bonds is 2. The second-order valence-corrected chi connectivity index (χ2v) is 6.01. The van der Waals surface area contributed by atoms with E-state index in [1.807, 2.05) is 0 Å². The summed E-state index contributed by atoms with van der Waals surface area (Å²) in [6.07, 6.45) is 3.72. The first-order valence-electron chi connectivity index (χ1n) is 6.18. The molecule has 2 rings (SSSR count). The zero-order valence-corrected chi connectivity index (χ0v) is 10.3. The van der Waals surface area contributed by atoms with Crippen molar-refractivity contribution in [1.82, 2.24) is 10.2 Å². The minimum absolute atomic E-state index is 0.379. The number of nitrogens with one attached hydrogen (secondary N) is 1. The van der Waals surface area contributed by atoms with E-state index in [0.29, 0.717) is 5.41 Å². The summed E-state index contributed by atoms with van der Waals surface area (Å²) >= 11 is 0. The molecule has 0 unspecified atom stereocenters. The highest BCUT2D eigenvalue weighted by Crippen LogP contribution is 2.30. The quantitative estimate of drug-likeness (QED) is 0.697. The van der Waals surface area contributed by atoms with Crippen LogP contribution >= 0.6 is 0 Å². The van der Waals surface area contributed by atoms with E-state index < -0.39 is 0 Å². The molecule has 2 aliphatic rings. The van der Waals surface area contributed by atoms with Crippen LogP contribution in [0.25, 0.3) is 0 Å². The first-order valence-corrected chi connectivity index (χ1v) is 6.18. The lowest BCUT2D eigenvalue weighted by atomic mass is 9.83. The first-order chi connectivity index (χ1) is 7.05. The molecule has 15 heavy (non-hydrogen) atoms. The number of hydrogen-bond donors (Lipinski definition) is 1. The molecule has 0 aromatic rings. The Morgan fingerprint density at radius 2 is 2.13 bits per heavy atom. The summed E-state index contributed by atoms with van der Waals surface area (Å²) in [6.45, 7) is 13.2. The molecule has 0 radical (unpaired) electrons. The van der Waals surface area contributed by atoms with Crippen LogP contribution in [-0.4, -0.2) is 37.6 Å². The van der Waals surface area contributed by atoms with Gasteiger partial charge in [0.15, 0.2) is 0 Å². The fraction of sp³-hybridized carbons (Fsp3) is 0.846. The molecular weight excluding hydrogens is 184 g/mol. The summed E-state index contributed by atoms with van der Waals surface area (Å²) in [5.41, 5.74) is 2.02. The van der Waals surface area contributed by atoms with E-state index in [1.54, 1.807) is 5.57 Å². The van der Waals surface area contributed by atoms with Crippen LogP contribution in [-0.2, 0) is 0 Å². The van der Waals surface area contributed by atoms with Crippen LogP contribution in [0.3, 0.4) is 0 Å². The molecule has 2 nitrogen and oxygen atoms in total. The molecule has 0 bridgehead atoms. The molecule has 0 atom stereocenters. The van der Waals surface area contributed by atoms with Crippen molar-refractivity contribution < 1.29 is 0 Å². The Morgan fingerprint density at radius 3 is 2.53 bits per heavy atom. The van der Waals surface area contributed by atoms with Crippen LogP contribution in [0.5, 0.6) is 0 Å². The minimum atomic E-state index is 0.379. The lowest BCUT2D eigenvalue weighted by Crippen LogP contribution is -2.49. The van der Waals surface area contributed by atoms with E-state index in [0.717, 1.165) is 5.92 Å². The molecule has 1 saturated heterocycles. The summed E-state index contributed by atoms with van der Waals surface area (Å²) < 4.78 is 0. The van der Waals surface area contributed by atoms with Crippen LogP contribution < -0.4 is 5.32 Å². The summed E-state index contributed by atoms with van der Waals surface area (Å²) in [5.74, 6) is 0.912. The second-order valence-electron chi connectivity index (χ2n) is 6.01. The molecule has 1 N–H and O–H groups in total. The lowest BCUT2D eigenvalue weighted by molar-refractivity contribution is 0.198. The normalized spacial score (nSPS) is 24.9. The van der Waals surface area contributed by atoms with Crippen LogP contribution in [0.2, 0.25) is 0 Å². The third-order valence-corrected chi connectivity index (χ3v) is 3.64. The summed E-state index contributed by atoms with van der Waals surface area (Å²) in [7, 11) is 0. The highest BCUT2D eigenvalue weighted by Gasteiger charge is 2.24. The molecule has 0 amide bonds. The van der Waals surface area contributed by atoms with Gasteiger partial charge in [0.1, 0.15) is 0 Å². The zero-order valence-electron chi connectivity index (χ0n) is 10.3. The molecule has 0 saturated carbocycles. The highest BCUT2D eigenvalue weighted by molar-refractivity contribution is 5.14. The maximum atomic E-state index is 3.34. The average molecular weight is 208 g/mol. The van der Waals surface area contributed by atoms with Crippen molar-refractivity contribution in [2.75, 3.05) is 32.7 Å². The Bertz CT molecular complexity index is 246. The maximum absolute atomic E-state index is 3.34. The van der Waals surface area contributed by atoms with Gasteiger partial charge in [0.2, 0.25) is 0 Å². The van der Waals surface area contributed by atoms with Gasteiger partial charge < -0.3 is 5.32 Å². The summed E-state index contributed by atoms with van der Waals surface area (Å²) in [4.78, 5) is 2.60. The van der Waals surface area contributed by atoms with E-state index in [2.05, 4.69) is 37.1 Å². The van der Waals surface area contributed by atoms with E-state index in [9.17, 15) is 0 Å². The van der Waals surface area contributed by atoms with Gasteiger partial charge >= 0.3 is 0 Å². The molecule has 0 spiro atoms. The van der Waals surface area contributed by atoms with Gasteiger partial charge in [-0.25, -0.2) is 0 Å². The van der Waals surface area contributed by atoms with Crippen molar-refractivity contribution in [2.45, 2.75) is 27.2 Å². The van der Waals surface area contributed by atoms with E-state index in [4.69, 9.17) is 0 Å². The number of hydrogen-bond acceptors (Lipinski definition) is 2. The molecule has 2 heteroatoms. The fourth-order valence-corrected chi connectivity index (χ4v) is 2.40. The predicted molar refractivity (Wildman–Crippen MR) is 65.0 cm³/mol. The van der Waals surface area contributed by atoms with E-state index in [-0.39, 0.29) is 0 Å². The second kappa shape index (κ2) is 4.26. The molecule has 2 aliphatic heterocycles. The molecule has 0 aliphatic carbocycles. The van der Waals surface area contributed by atoms with Crippen molar-refractivity contribution in [3.8, 4) is 0 Å². The highest BCUT2D eigenvalue weighted by atomic mass is 15.1. The molecule has 1 fully saturated rings. The van der Waals surface area contributed by atoms with Gasteiger partial charge in [-0.1, -0.05) is 32.4 Å². The van der Waals surface area contributed by atoms with Gasteiger partial charge in [0.25, 0.3) is 0 Å². The SMILES string of the molecule is CC(C)(C)C1=CCN(CC2CNC2)CC1. The standard InChI is InChI=1S/C13H24N2/c1-13(2,3)12-4-6-15(7-5-12)10-11-8-14-9-11/h4,11,14H,5-10H2,1-3H3. The van der Waals surface area contributed by atoms with Gasteiger partial charge in [-0.3, -0.25) is 4.90 Å². The summed E-state index contributed by atoms with van der Waals surface area (Å²) in [6, 6.07) is 0. The van der Waals surface area contributed by atoms with Gasteiger partial charge in [0.05, 0.1) is 0 Å². The van der Waals surface area contributed by atoms with Crippen LogP contribution in [0.15, 0.2) is 11.6 Å². The average Bonchev–Trinajstić information content (AvgIpc) is 2.11. The third kappa shape index (κ3) is 2.82. The van der Waals surface area contributed by atoms with Gasteiger partial charge in [0, 0.05) is 32.7 Å². The smallest absolute Gasteiger partial charge is 0.0166 e. The van der Waals surface area contributed by atoms with Crippen LogP contribution in [0, 0.1) is 11.3 Å². The Kier molecular flexibility index (Phi) is 3.17. The fourth-order valence-electron chi connectivity index (χ4n) is 2.40. The van der Waals surface area contributed by atoms with E-state index in [1.165, 1.54) is 39.1 Å². The minimum Gasteiger partial charge on any atom is -0.316 e. The summed E-state index contributed by atoms with van der Waals surface area (Å²) in [5, 5.41) is 3.34. The monoisotopic (exact) mass is 208 g/mol. The van der Waals surface area contributed by atoms with Gasteiger partial charge in [-0.2, -0.15) is 0 Å². The number of nitrogens with zero attached hydrogens (tertiary/aromatic N) is 1. The first kappa shape index (κ1) is 11.2. The van der Waals surface area contributed by atoms with Crippen molar-refractivity contribution in [2.24, 2.45) is 11.3 Å². The Hall–Kier alpha value is -0.340. The third-order valence-electron chi connectivity index (χ3n) is 3.64.